The molecule has 0 aliphatic rings. The van der Waals surface area contributed by atoms with E-state index in [1.807, 2.05) is 13.8 Å². The van der Waals surface area contributed by atoms with E-state index in [-0.39, 0.29) is 23.5 Å². The van der Waals surface area contributed by atoms with E-state index in [0.29, 0.717) is 0 Å². The van der Waals surface area contributed by atoms with E-state index in [2.05, 4.69) is 0 Å². The number of nitrogen functional groups attached to an aromatic ring is 1. The number of ether oxygens (including phenoxy) is 1. The fourth-order valence-corrected chi connectivity index (χ4v) is 1.01. The standard InChI is InChI=1S/C11H15F2NO/c1-6(2)7(3)15-11-9(12)4-8(14)5-10(11)13/h4-7H,14H2,1-3H3. The van der Waals surface area contributed by atoms with Gasteiger partial charge in [-0.3, -0.25) is 0 Å². The van der Waals surface area contributed by atoms with Crippen molar-refractivity contribution in [2.24, 2.45) is 5.92 Å². The van der Waals surface area contributed by atoms with Gasteiger partial charge in [-0.2, -0.15) is 0 Å². The molecule has 1 aromatic rings. The van der Waals surface area contributed by atoms with Gasteiger partial charge in [-0.05, 0) is 12.8 Å². The molecule has 1 aromatic carbocycles. The lowest BCUT2D eigenvalue weighted by Gasteiger charge is -2.18. The van der Waals surface area contributed by atoms with Crippen LogP contribution in [0.5, 0.6) is 5.75 Å². The molecule has 0 fully saturated rings. The van der Waals surface area contributed by atoms with Crippen LogP contribution < -0.4 is 10.5 Å². The lowest BCUT2D eigenvalue weighted by Crippen LogP contribution is -2.20. The summed E-state index contributed by atoms with van der Waals surface area (Å²) in [5.74, 6) is -1.70. The first kappa shape index (κ1) is 11.8. The average Bonchev–Trinajstić information content (AvgIpc) is 2.10. The maximum atomic E-state index is 13.3. The van der Waals surface area contributed by atoms with Crippen molar-refractivity contribution in [3.05, 3.63) is 23.8 Å². The zero-order chi connectivity index (χ0) is 11.6. The molecule has 0 bridgehead atoms. The molecular formula is C11H15F2NO. The smallest absolute Gasteiger partial charge is 0.191 e. The summed E-state index contributed by atoms with van der Waals surface area (Å²) in [6.45, 7) is 5.59. The second-order valence-corrected chi connectivity index (χ2v) is 3.88. The second kappa shape index (κ2) is 4.47. The van der Waals surface area contributed by atoms with Gasteiger partial charge >= 0.3 is 0 Å². The third-order valence-corrected chi connectivity index (χ3v) is 2.26. The predicted octanol–water partition coefficient (Wildman–Crippen LogP) is 2.97. The van der Waals surface area contributed by atoms with Crippen LogP contribution in [0, 0.1) is 17.6 Å². The van der Waals surface area contributed by atoms with Crippen molar-refractivity contribution in [1.82, 2.24) is 0 Å². The van der Waals surface area contributed by atoms with E-state index >= 15 is 0 Å². The molecule has 2 nitrogen and oxygen atoms in total. The van der Waals surface area contributed by atoms with E-state index in [1.165, 1.54) is 0 Å². The second-order valence-electron chi connectivity index (χ2n) is 3.88. The minimum Gasteiger partial charge on any atom is -0.484 e. The number of benzene rings is 1. The van der Waals surface area contributed by atoms with Gasteiger partial charge in [0.2, 0.25) is 0 Å². The molecule has 0 aliphatic heterocycles. The van der Waals surface area contributed by atoms with Crippen LogP contribution in [0.25, 0.3) is 0 Å². The minimum absolute atomic E-state index is 0.0505. The summed E-state index contributed by atoms with van der Waals surface area (Å²) >= 11 is 0. The average molecular weight is 215 g/mol. The summed E-state index contributed by atoms with van der Waals surface area (Å²) in [5, 5.41) is 0. The Bertz CT molecular complexity index is 329. The zero-order valence-electron chi connectivity index (χ0n) is 9.05. The van der Waals surface area contributed by atoms with Gasteiger partial charge in [0, 0.05) is 17.8 Å². The molecule has 4 heteroatoms. The molecule has 0 saturated carbocycles. The summed E-state index contributed by atoms with van der Waals surface area (Å²) in [5.41, 5.74) is 5.33. The van der Waals surface area contributed by atoms with E-state index in [1.54, 1.807) is 6.92 Å². The van der Waals surface area contributed by atoms with Crippen molar-refractivity contribution in [3.63, 3.8) is 0 Å². The zero-order valence-corrected chi connectivity index (χ0v) is 9.05. The van der Waals surface area contributed by atoms with Crippen LogP contribution >= 0.6 is 0 Å². The molecule has 0 aromatic heterocycles. The number of halogens is 2. The van der Waals surface area contributed by atoms with Crippen LogP contribution in [0.1, 0.15) is 20.8 Å². The summed E-state index contributed by atoms with van der Waals surface area (Å²) in [4.78, 5) is 0. The van der Waals surface area contributed by atoms with Crippen molar-refractivity contribution in [3.8, 4) is 5.75 Å². The van der Waals surface area contributed by atoms with Crippen molar-refractivity contribution in [2.75, 3.05) is 5.73 Å². The van der Waals surface area contributed by atoms with Gasteiger partial charge in [-0.1, -0.05) is 13.8 Å². The SMILES string of the molecule is CC(C)C(C)Oc1c(F)cc(N)cc1F. The highest BCUT2D eigenvalue weighted by Gasteiger charge is 2.16. The molecule has 0 amide bonds. The minimum atomic E-state index is -0.764. The molecule has 15 heavy (non-hydrogen) atoms. The molecule has 0 heterocycles. The highest BCUT2D eigenvalue weighted by atomic mass is 19.1. The van der Waals surface area contributed by atoms with E-state index in [0.717, 1.165) is 12.1 Å². The fraction of sp³-hybridized carbons (Fsp3) is 0.455. The summed E-state index contributed by atoms with van der Waals surface area (Å²) in [6.07, 6.45) is -0.252. The molecule has 0 aliphatic carbocycles. The van der Waals surface area contributed by atoms with Gasteiger partial charge in [-0.25, -0.2) is 8.78 Å². The topological polar surface area (TPSA) is 35.2 Å². The Labute approximate surface area is 88.0 Å². The normalized spacial score (nSPS) is 12.9. The molecular weight excluding hydrogens is 200 g/mol. The van der Waals surface area contributed by atoms with E-state index in [4.69, 9.17) is 10.5 Å². The Kier molecular flexibility index (Phi) is 3.50. The molecule has 1 rings (SSSR count). The van der Waals surface area contributed by atoms with Gasteiger partial charge < -0.3 is 10.5 Å². The summed E-state index contributed by atoms with van der Waals surface area (Å²) in [6, 6.07) is 2.09. The van der Waals surface area contributed by atoms with Gasteiger partial charge in [0.15, 0.2) is 17.4 Å². The van der Waals surface area contributed by atoms with Gasteiger partial charge in [-0.15, -0.1) is 0 Å². The molecule has 0 spiro atoms. The Morgan fingerprint density at radius 1 is 1.13 bits per heavy atom. The van der Waals surface area contributed by atoms with Crippen LogP contribution in [0.3, 0.4) is 0 Å². The quantitative estimate of drug-likeness (QED) is 0.787. The summed E-state index contributed by atoms with van der Waals surface area (Å²) < 4.78 is 31.8. The first-order valence-electron chi connectivity index (χ1n) is 4.83. The fourth-order valence-electron chi connectivity index (χ4n) is 1.01. The Hall–Kier alpha value is -1.32. The van der Waals surface area contributed by atoms with Crippen molar-refractivity contribution < 1.29 is 13.5 Å². The molecule has 0 radical (unpaired) electrons. The molecule has 1 unspecified atom stereocenters. The number of rotatable bonds is 3. The predicted molar refractivity (Wildman–Crippen MR) is 55.7 cm³/mol. The lowest BCUT2D eigenvalue weighted by atomic mass is 10.1. The number of hydrogen-bond donors (Lipinski definition) is 1. The van der Waals surface area contributed by atoms with Crippen LogP contribution in [0.15, 0.2) is 12.1 Å². The van der Waals surface area contributed by atoms with E-state index in [9.17, 15) is 8.78 Å². The summed E-state index contributed by atoms with van der Waals surface area (Å²) in [7, 11) is 0. The maximum absolute atomic E-state index is 13.3. The van der Waals surface area contributed by atoms with Gasteiger partial charge in [0.05, 0.1) is 6.10 Å². The number of hydrogen-bond acceptors (Lipinski definition) is 2. The van der Waals surface area contributed by atoms with Crippen molar-refractivity contribution >= 4 is 5.69 Å². The Morgan fingerprint density at radius 2 is 1.60 bits per heavy atom. The first-order valence-corrected chi connectivity index (χ1v) is 4.83. The van der Waals surface area contributed by atoms with E-state index < -0.39 is 11.6 Å². The molecule has 84 valence electrons. The number of anilines is 1. The molecule has 1 atom stereocenters. The maximum Gasteiger partial charge on any atom is 0.191 e. The monoisotopic (exact) mass is 215 g/mol. The van der Waals surface area contributed by atoms with Crippen molar-refractivity contribution in [2.45, 2.75) is 26.9 Å². The highest BCUT2D eigenvalue weighted by Crippen LogP contribution is 2.26. The number of nitrogens with two attached hydrogens (primary N) is 1. The van der Waals surface area contributed by atoms with Crippen LogP contribution in [0.4, 0.5) is 14.5 Å². The van der Waals surface area contributed by atoms with Crippen LogP contribution in [-0.4, -0.2) is 6.10 Å². The highest BCUT2D eigenvalue weighted by molar-refractivity contribution is 5.44. The Balaban J connectivity index is 2.95. The first-order chi connectivity index (χ1) is 6.91. The molecule has 0 saturated heterocycles. The third-order valence-electron chi connectivity index (χ3n) is 2.26. The largest absolute Gasteiger partial charge is 0.484 e. The van der Waals surface area contributed by atoms with Gasteiger partial charge in [0.25, 0.3) is 0 Å². The van der Waals surface area contributed by atoms with Crippen LogP contribution in [-0.2, 0) is 0 Å². The van der Waals surface area contributed by atoms with Crippen LogP contribution in [0.2, 0.25) is 0 Å². The van der Waals surface area contributed by atoms with Gasteiger partial charge in [0.1, 0.15) is 0 Å². The Morgan fingerprint density at radius 3 is 2.00 bits per heavy atom. The lowest BCUT2D eigenvalue weighted by molar-refractivity contribution is 0.156. The third kappa shape index (κ3) is 2.81. The van der Waals surface area contributed by atoms with Crippen molar-refractivity contribution in [1.29, 1.82) is 0 Å². The molecule has 2 N–H and O–H groups in total.